The Balaban J connectivity index is 2.16. The molecule has 1 rings (SSSR count). The minimum absolute atomic E-state index is 0.596. The van der Waals surface area contributed by atoms with Gasteiger partial charge in [0, 0.05) is 12.8 Å². The van der Waals surface area contributed by atoms with Crippen LogP contribution in [0.4, 0.5) is 0 Å². The summed E-state index contributed by atoms with van der Waals surface area (Å²) < 4.78 is 5.59. The smallest absolute Gasteiger partial charge is 0.165 e. The molecule has 0 amide bonds. The second-order valence-corrected chi connectivity index (χ2v) is 5.28. The Morgan fingerprint density at radius 1 is 1.12 bits per heavy atom. The van der Waals surface area contributed by atoms with Crippen LogP contribution in [0.2, 0.25) is 0 Å². The van der Waals surface area contributed by atoms with Crippen LogP contribution >= 0.6 is 0 Å². The summed E-state index contributed by atoms with van der Waals surface area (Å²) >= 11 is 0. The van der Waals surface area contributed by atoms with Crippen LogP contribution in [0.5, 0.6) is 0 Å². The van der Waals surface area contributed by atoms with Crippen molar-refractivity contribution in [3.8, 4) is 0 Å². The summed E-state index contributed by atoms with van der Waals surface area (Å²) in [4.78, 5) is 0. The molecule has 0 spiro atoms. The van der Waals surface area contributed by atoms with Gasteiger partial charge < -0.3 is 9.84 Å². The lowest BCUT2D eigenvalue weighted by molar-refractivity contribution is -0.175. The fraction of sp³-hybridized carbons (Fsp3) is 1.00. The van der Waals surface area contributed by atoms with Gasteiger partial charge in [0.25, 0.3) is 0 Å². The molecule has 16 heavy (non-hydrogen) atoms. The minimum atomic E-state index is -0.786. The average molecular weight is 228 g/mol. The van der Waals surface area contributed by atoms with Gasteiger partial charge in [-0.2, -0.15) is 0 Å². The summed E-state index contributed by atoms with van der Waals surface area (Å²) in [5, 5.41) is 10.2. The van der Waals surface area contributed by atoms with Gasteiger partial charge in [0.05, 0.1) is 6.61 Å². The molecule has 1 N–H and O–H groups in total. The predicted octanol–water partition coefficient (Wildman–Crippen LogP) is 3.87. The van der Waals surface area contributed by atoms with E-state index in [1.807, 2.05) is 0 Å². The Morgan fingerprint density at radius 2 is 1.81 bits per heavy atom. The molecule has 0 aliphatic carbocycles. The Morgan fingerprint density at radius 3 is 2.50 bits per heavy atom. The molecule has 1 saturated heterocycles. The maximum Gasteiger partial charge on any atom is 0.165 e. The van der Waals surface area contributed by atoms with Gasteiger partial charge in [-0.15, -0.1) is 0 Å². The van der Waals surface area contributed by atoms with Crippen LogP contribution in [-0.2, 0) is 4.74 Å². The van der Waals surface area contributed by atoms with E-state index in [1.165, 1.54) is 38.5 Å². The normalized spacial score (nSPS) is 29.8. The average Bonchev–Trinajstić information content (AvgIpc) is 2.62. The third-order valence-electron chi connectivity index (χ3n) is 3.58. The molecule has 0 saturated carbocycles. The second kappa shape index (κ2) is 7.29. The standard InChI is InChI=1S/C14H28O2/c1-3-5-7-9-13-11-14(15,16-12-13)10-8-6-4-2/h13,15H,3-12H2,1-2H3. The van der Waals surface area contributed by atoms with Gasteiger partial charge in [-0.1, -0.05) is 46.0 Å². The van der Waals surface area contributed by atoms with Gasteiger partial charge >= 0.3 is 0 Å². The van der Waals surface area contributed by atoms with Gasteiger partial charge in [-0.05, 0) is 18.8 Å². The van der Waals surface area contributed by atoms with E-state index in [-0.39, 0.29) is 0 Å². The van der Waals surface area contributed by atoms with Crippen molar-refractivity contribution in [2.45, 2.75) is 77.4 Å². The monoisotopic (exact) mass is 228 g/mol. The van der Waals surface area contributed by atoms with Crippen molar-refractivity contribution in [3.05, 3.63) is 0 Å². The van der Waals surface area contributed by atoms with Crippen LogP contribution in [-0.4, -0.2) is 17.5 Å². The zero-order chi connectivity index (χ0) is 11.9. The lowest BCUT2D eigenvalue weighted by atomic mass is 9.94. The maximum absolute atomic E-state index is 10.2. The van der Waals surface area contributed by atoms with Crippen LogP contribution in [0.3, 0.4) is 0 Å². The highest BCUT2D eigenvalue weighted by Gasteiger charge is 2.37. The molecule has 2 heteroatoms. The summed E-state index contributed by atoms with van der Waals surface area (Å²) in [5.41, 5.74) is 0. The maximum atomic E-state index is 10.2. The molecule has 0 aromatic heterocycles. The van der Waals surface area contributed by atoms with Crippen molar-refractivity contribution in [3.63, 3.8) is 0 Å². The minimum Gasteiger partial charge on any atom is -0.365 e. The molecule has 2 nitrogen and oxygen atoms in total. The lowest BCUT2D eigenvalue weighted by Crippen LogP contribution is -2.26. The van der Waals surface area contributed by atoms with E-state index in [0.717, 1.165) is 25.9 Å². The van der Waals surface area contributed by atoms with Gasteiger partial charge in [-0.25, -0.2) is 0 Å². The second-order valence-electron chi connectivity index (χ2n) is 5.28. The van der Waals surface area contributed by atoms with Crippen molar-refractivity contribution >= 4 is 0 Å². The van der Waals surface area contributed by atoms with E-state index >= 15 is 0 Å². The van der Waals surface area contributed by atoms with Crippen molar-refractivity contribution < 1.29 is 9.84 Å². The first-order chi connectivity index (χ1) is 7.70. The van der Waals surface area contributed by atoms with Crippen LogP contribution in [0, 0.1) is 5.92 Å². The first-order valence-corrected chi connectivity index (χ1v) is 7.06. The molecule has 0 aromatic rings. The van der Waals surface area contributed by atoms with Crippen molar-refractivity contribution in [2.75, 3.05) is 6.61 Å². The first kappa shape index (κ1) is 14.0. The Labute approximate surface area is 100 Å². The Hall–Kier alpha value is -0.0800. The third-order valence-corrected chi connectivity index (χ3v) is 3.58. The van der Waals surface area contributed by atoms with Crippen LogP contribution < -0.4 is 0 Å². The molecule has 0 bridgehead atoms. The molecule has 1 aliphatic heterocycles. The fourth-order valence-corrected chi connectivity index (χ4v) is 2.54. The van der Waals surface area contributed by atoms with Crippen LogP contribution in [0.15, 0.2) is 0 Å². The number of unbranched alkanes of at least 4 members (excludes halogenated alkanes) is 4. The number of hydrogen-bond donors (Lipinski definition) is 1. The summed E-state index contributed by atoms with van der Waals surface area (Å²) in [7, 11) is 0. The van der Waals surface area contributed by atoms with Gasteiger partial charge in [0.2, 0.25) is 0 Å². The molecule has 0 aromatic carbocycles. The summed E-state index contributed by atoms with van der Waals surface area (Å²) in [6.45, 7) is 5.19. The van der Waals surface area contributed by atoms with Crippen LogP contribution in [0.25, 0.3) is 0 Å². The molecule has 96 valence electrons. The number of hydrogen-bond acceptors (Lipinski definition) is 2. The molecule has 1 heterocycles. The third kappa shape index (κ3) is 4.84. The van der Waals surface area contributed by atoms with Crippen molar-refractivity contribution in [1.82, 2.24) is 0 Å². The molecule has 1 aliphatic rings. The highest BCUT2D eigenvalue weighted by Crippen LogP contribution is 2.34. The zero-order valence-corrected chi connectivity index (χ0v) is 11.0. The van der Waals surface area contributed by atoms with E-state index in [4.69, 9.17) is 4.74 Å². The number of ether oxygens (including phenoxy) is 1. The SMILES string of the molecule is CCCCCC1COC(O)(CCCCC)C1. The molecule has 2 atom stereocenters. The van der Waals surface area contributed by atoms with E-state index in [2.05, 4.69) is 13.8 Å². The van der Waals surface area contributed by atoms with E-state index in [9.17, 15) is 5.11 Å². The summed E-state index contributed by atoms with van der Waals surface area (Å²) in [6.07, 6.45) is 10.3. The number of aliphatic hydroxyl groups is 1. The van der Waals surface area contributed by atoms with Crippen LogP contribution in [0.1, 0.15) is 71.6 Å². The van der Waals surface area contributed by atoms with Crippen molar-refractivity contribution in [2.24, 2.45) is 5.92 Å². The topological polar surface area (TPSA) is 29.5 Å². The van der Waals surface area contributed by atoms with Gasteiger partial charge in [0.15, 0.2) is 5.79 Å². The zero-order valence-electron chi connectivity index (χ0n) is 11.0. The van der Waals surface area contributed by atoms with E-state index in [0.29, 0.717) is 5.92 Å². The Bertz CT molecular complexity index is 182. The summed E-state index contributed by atoms with van der Waals surface area (Å²) in [5.74, 6) is -0.190. The molecule has 0 radical (unpaired) electrons. The van der Waals surface area contributed by atoms with Gasteiger partial charge in [-0.3, -0.25) is 0 Å². The summed E-state index contributed by atoms with van der Waals surface area (Å²) in [6, 6.07) is 0. The lowest BCUT2D eigenvalue weighted by Gasteiger charge is -2.21. The first-order valence-electron chi connectivity index (χ1n) is 7.06. The largest absolute Gasteiger partial charge is 0.365 e. The molecular weight excluding hydrogens is 200 g/mol. The fourth-order valence-electron chi connectivity index (χ4n) is 2.54. The van der Waals surface area contributed by atoms with Gasteiger partial charge in [0.1, 0.15) is 0 Å². The molecular formula is C14H28O2. The highest BCUT2D eigenvalue weighted by atomic mass is 16.6. The molecule has 1 fully saturated rings. The van der Waals surface area contributed by atoms with E-state index < -0.39 is 5.79 Å². The predicted molar refractivity (Wildman–Crippen MR) is 67.3 cm³/mol. The number of rotatable bonds is 8. The van der Waals surface area contributed by atoms with E-state index in [1.54, 1.807) is 0 Å². The quantitative estimate of drug-likeness (QED) is 0.639. The Kier molecular flexibility index (Phi) is 6.37. The van der Waals surface area contributed by atoms with Crippen molar-refractivity contribution in [1.29, 1.82) is 0 Å². The highest BCUT2D eigenvalue weighted by molar-refractivity contribution is 4.79. The molecule has 2 unspecified atom stereocenters.